The van der Waals surface area contributed by atoms with E-state index < -0.39 is 0 Å². The Labute approximate surface area is 146 Å². The fourth-order valence-electron chi connectivity index (χ4n) is 3.49. The van der Waals surface area contributed by atoms with Gasteiger partial charge in [-0.1, -0.05) is 12.1 Å². The Morgan fingerprint density at radius 1 is 0.960 bits per heavy atom. The van der Waals surface area contributed by atoms with Crippen molar-refractivity contribution in [2.24, 2.45) is 0 Å². The molecule has 0 saturated carbocycles. The molecule has 1 aromatic heterocycles. The molecule has 3 aromatic rings. The molecule has 25 heavy (non-hydrogen) atoms. The second-order valence-corrected chi connectivity index (χ2v) is 6.35. The summed E-state index contributed by atoms with van der Waals surface area (Å²) in [5.41, 5.74) is 2.71. The van der Waals surface area contributed by atoms with Gasteiger partial charge in [-0.3, -0.25) is 4.79 Å². The largest absolute Gasteiger partial charge is 0.332 e. The van der Waals surface area contributed by atoms with E-state index in [-0.39, 0.29) is 17.8 Å². The maximum absolute atomic E-state index is 13.2. The number of hydrogen-bond donors (Lipinski definition) is 0. The van der Waals surface area contributed by atoms with E-state index in [1.807, 2.05) is 58.3 Å². The summed E-state index contributed by atoms with van der Waals surface area (Å²) in [5.74, 6) is -0.217. The van der Waals surface area contributed by atoms with E-state index >= 15 is 0 Å². The van der Waals surface area contributed by atoms with Crippen molar-refractivity contribution in [1.82, 2.24) is 9.47 Å². The molecule has 2 heterocycles. The Balaban J connectivity index is 1.56. The number of hydrogen-bond acceptors (Lipinski definition) is 1. The molecular formula is C21H19FN2O. The molecule has 4 heteroatoms. The predicted molar refractivity (Wildman–Crippen MR) is 95.2 cm³/mol. The van der Waals surface area contributed by atoms with Crippen molar-refractivity contribution in [3.63, 3.8) is 0 Å². The van der Waals surface area contributed by atoms with Crippen LogP contribution in [0.3, 0.4) is 0 Å². The van der Waals surface area contributed by atoms with E-state index in [4.69, 9.17) is 0 Å². The van der Waals surface area contributed by atoms with Gasteiger partial charge in [0.25, 0.3) is 5.91 Å². The first-order valence-corrected chi connectivity index (χ1v) is 8.52. The maximum atomic E-state index is 13.2. The standard InChI is InChI=1S/C21H19FN2O/c22-18-9-5-16(6-10-18)20-4-3-15-24(20)21(25)17-7-11-19(12-8-17)23-13-1-2-14-23/h1-2,5-14,20H,3-4,15H2. The van der Waals surface area contributed by atoms with Crippen LogP contribution in [0.1, 0.15) is 34.8 Å². The first-order chi connectivity index (χ1) is 12.2. The lowest BCUT2D eigenvalue weighted by Crippen LogP contribution is -2.30. The zero-order valence-electron chi connectivity index (χ0n) is 13.8. The second kappa shape index (κ2) is 6.55. The number of carbonyl (C=O) groups is 1. The molecule has 1 saturated heterocycles. The Hall–Kier alpha value is -2.88. The van der Waals surface area contributed by atoms with Gasteiger partial charge >= 0.3 is 0 Å². The van der Waals surface area contributed by atoms with Crippen LogP contribution in [0.2, 0.25) is 0 Å². The summed E-state index contributed by atoms with van der Waals surface area (Å²) in [5, 5.41) is 0. The van der Waals surface area contributed by atoms with Crippen LogP contribution in [0.25, 0.3) is 5.69 Å². The first-order valence-electron chi connectivity index (χ1n) is 8.52. The fourth-order valence-corrected chi connectivity index (χ4v) is 3.49. The minimum absolute atomic E-state index is 0.0252. The van der Waals surface area contributed by atoms with Gasteiger partial charge < -0.3 is 9.47 Å². The molecule has 1 aliphatic rings. The summed E-state index contributed by atoms with van der Waals surface area (Å²) in [4.78, 5) is 14.8. The topological polar surface area (TPSA) is 25.2 Å². The molecule has 1 fully saturated rings. The Morgan fingerprint density at radius 2 is 1.64 bits per heavy atom. The molecule has 1 aliphatic heterocycles. The van der Waals surface area contributed by atoms with Crippen molar-refractivity contribution >= 4 is 5.91 Å². The lowest BCUT2D eigenvalue weighted by Gasteiger charge is -2.25. The molecule has 3 nitrogen and oxygen atoms in total. The van der Waals surface area contributed by atoms with Gasteiger partial charge in [0.05, 0.1) is 6.04 Å². The molecule has 126 valence electrons. The third-order valence-electron chi connectivity index (χ3n) is 4.79. The number of benzene rings is 2. The number of nitrogens with zero attached hydrogens (tertiary/aromatic N) is 2. The highest BCUT2D eigenvalue weighted by atomic mass is 19.1. The van der Waals surface area contributed by atoms with E-state index in [2.05, 4.69) is 0 Å². The normalized spacial score (nSPS) is 17.0. The lowest BCUT2D eigenvalue weighted by molar-refractivity contribution is 0.0735. The molecule has 0 spiro atoms. The third-order valence-corrected chi connectivity index (χ3v) is 4.79. The fraction of sp³-hybridized carbons (Fsp3) is 0.190. The van der Waals surface area contributed by atoms with Crippen LogP contribution in [0.5, 0.6) is 0 Å². The van der Waals surface area contributed by atoms with Gasteiger partial charge in [-0.25, -0.2) is 4.39 Å². The van der Waals surface area contributed by atoms with Crippen molar-refractivity contribution < 1.29 is 9.18 Å². The summed E-state index contributed by atoms with van der Waals surface area (Å²) in [7, 11) is 0. The number of rotatable bonds is 3. The van der Waals surface area contributed by atoms with Crippen LogP contribution < -0.4 is 0 Å². The number of likely N-dealkylation sites (tertiary alicyclic amines) is 1. The van der Waals surface area contributed by atoms with Crippen molar-refractivity contribution in [3.8, 4) is 5.69 Å². The Bertz CT molecular complexity index is 854. The average molecular weight is 334 g/mol. The van der Waals surface area contributed by atoms with E-state index in [9.17, 15) is 9.18 Å². The predicted octanol–water partition coefficient (Wildman–Crippen LogP) is 4.59. The summed E-state index contributed by atoms with van der Waals surface area (Å²) in [6.07, 6.45) is 5.83. The Morgan fingerprint density at radius 3 is 2.32 bits per heavy atom. The van der Waals surface area contributed by atoms with E-state index in [0.29, 0.717) is 5.56 Å². The molecule has 0 N–H and O–H groups in total. The molecular weight excluding hydrogens is 315 g/mol. The number of aromatic nitrogens is 1. The van der Waals surface area contributed by atoms with E-state index in [0.717, 1.165) is 30.6 Å². The van der Waals surface area contributed by atoms with Crippen LogP contribution in [-0.2, 0) is 0 Å². The van der Waals surface area contributed by atoms with Gasteiger partial charge in [-0.05, 0) is 66.9 Å². The van der Waals surface area contributed by atoms with Gasteiger partial charge in [0.1, 0.15) is 5.82 Å². The monoisotopic (exact) mass is 334 g/mol. The molecule has 1 atom stereocenters. The summed E-state index contributed by atoms with van der Waals surface area (Å²) >= 11 is 0. The van der Waals surface area contributed by atoms with Gasteiger partial charge in [-0.2, -0.15) is 0 Å². The molecule has 0 bridgehead atoms. The van der Waals surface area contributed by atoms with Crippen molar-refractivity contribution in [1.29, 1.82) is 0 Å². The van der Waals surface area contributed by atoms with Gasteiger partial charge in [0, 0.05) is 30.2 Å². The molecule has 1 amide bonds. The van der Waals surface area contributed by atoms with Crippen LogP contribution in [0.15, 0.2) is 73.1 Å². The lowest BCUT2D eigenvalue weighted by atomic mass is 10.0. The van der Waals surface area contributed by atoms with Crippen molar-refractivity contribution in [2.75, 3.05) is 6.54 Å². The highest BCUT2D eigenvalue weighted by Gasteiger charge is 2.30. The van der Waals surface area contributed by atoms with E-state index in [1.165, 1.54) is 12.1 Å². The van der Waals surface area contributed by atoms with E-state index in [1.54, 1.807) is 12.1 Å². The third kappa shape index (κ3) is 3.07. The minimum atomic E-state index is -0.250. The van der Waals surface area contributed by atoms with Gasteiger partial charge in [0.2, 0.25) is 0 Å². The zero-order valence-corrected chi connectivity index (χ0v) is 13.8. The minimum Gasteiger partial charge on any atom is -0.332 e. The van der Waals surface area contributed by atoms with Gasteiger partial charge in [-0.15, -0.1) is 0 Å². The van der Waals surface area contributed by atoms with Crippen LogP contribution in [-0.4, -0.2) is 21.9 Å². The number of halogens is 1. The molecule has 4 rings (SSSR count). The number of carbonyl (C=O) groups excluding carboxylic acids is 1. The van der Waals surface area contributed by atoms with Crippen molar-refractivity contribution in [2.45, 2.75) is 18.9 Å². The highest BCUT2D eigenvalue weighted by molar-refractivity contribution is 5.94. The SMILES string of the molecule is O=C(c1ccc(-n2cccc2)cc1)N1CCCC1c1ccc(F)cc1. The Kier molecular flexibility index (Phi) is 4.10. The second-order valence-electron chi connectivity index (χ2n) is 6.35. The van der Waals surface area contributed by atoms with Crippen LogP contribution in [0, 0.1) is 5.82 Å². The molecule has 1 unspecified atom stereocenters. The van der Waals surface area contributed by atoms with Crippen LogP contribution in [0.4, 0.5) is 4.39 Å². The average Bonchev–Trinajstić information content (AvgIpc) is 3.34. The smallest absolute Gasteiger partial charge is 0.254 e. The zero-order chi connectivity index (χ0) is 17.2. The molecule has 0 radical (unpaired) electrons. The van der Waals surface area contributed by atoms with Crippen molar-refractivity contribution in [3.05, 3.63) is 90.0 Å². The maximum Gasteiger partial charge on any atom is 0.254 e. The first kappa shape index (κ1) is 15.6. The summed E-state index contributed by atoms with van der Waals surface area (Å²) in [6.45, 7) is 0.736. The summed E-state index contributed by atoms with van der Waals surface area (Å²) < 4.78 is 15.2. The highest BCUT2D eigenvalue weighted by Crippen LogP contribution is 2.33. The molecule has 0 aliphatic carbocycles. The number of amides is 1. The quantitative estimate of drug-likeness (QED) is 0.687. The van der Waals surface area contributed by atoms with Gasteiger partial charge in [0.15, 0.2) is 0 Å². The van der Waals surface area contributed by atoms with Crippen LogP contribution >= 0.6 is 0 Å². The summed E-state index contributed by atoms with van der Waals surface area (Å²) in [6, 6.07) is 18.1. The molecule has 2 aromatic carbocycles.